The maximum atomic E-state index is 5.75. The predicted molar refractivity (Wildman–Crippen MR) is 67.6 cm³/mol. The third-order valence-electron chi connectivity index (χ3n) is 2.69. The van der Waals surface area contributed by atoms with Crippen LogP contribution in [0.1, 0.15) is 40.5 Å². The van der Waals surface area contributed by atoms with E-state index < -0.39 is 0 Å². The monoisotopic (exact) mass is 224 g/mol. The molecule has 0 amide bonds. The Labute approximate surface area is 99.3 Å². The van der Waals surface area contributed by atoms with Gasteiger partial charge < -0.3 is 9.47 Å². The van der Waals surface area contributed by atoms with Gasteiger partial charge in [0.15, 0.2) is 0 Å². The van der Waals surface area contributed by atoms with E-state index in [1.807, 2.05) is 6.92 Å². The summed E-state index contributed by atoms with van der Waals surface area (Å²) in [6.45, 7) is 9.90. The largest absolute Gasteiger partial charge is 0.374 e. The van der Waals surface area contributed by atoms with Crippen molar-refractivity contribution >= 4 is 0 Å². The molecule has 1 unspecified atom stereocenters. The summed E-state index contributed by atoms with van der Waals surface area (Å²) in [7, 11) is 0. The maximum absolute atomic E-state index is 5.75. The van der Waals surface area contributed by atoms with Gasteiger partial charge >= 0.3 is 0 Å². The van der Waals surface area contributed by atoms with Crippen LogP contribution in [-0.2, 0) is 9.47 Å². The Hall–Kier alpha value is -0.600. The molecule has 1 rings (SSSR count). The molecule has 1 aliphatic heterocycles. The van der Waals surface area contributed by atoms with Crippen molar-refractivity contribution in [3.05, 3.63) is 23.8 Å². The first-order chi connectivity index (χ1) is 7.53. The molecule has 1 aliphatic rings. The summed E-state index contributed by atoms with van der Waals surface area (Å²) >= 11 is 0. The van der Waals surface area contributed by atoms with E-state index in [0.29, 0.717) is 0 Å². The number of hydrogen-bond donors (Lipinski definition) is 0. The van der Waals surface area contributed by atoms with Crippen molar-refractivity contribution in [1.29, 1.82) is 0 Å². The van der Waals surface area contributed by atoms with Crippen molar-refractivity contribution < 1.29 is 9.47 Å². The average molecular weight is 224 g/mol. The summed E-state index contributed by atoms with van der Waals surface area (Å²) in [4.78, 5) is 0. The summed E-state index contributed by atoms with van der Waals surface area (Å²) < 4.78 is 11.4. The fraction of sp³-hybridized carbons (Fsp3) is 0.714. The minimum Gasteiger partial charge on any atom is -0.374 e. The van der Waals surface area contributed by atoms with E-state index in [2.05, 4.69) is 39.0 Å². The van der Waals surface area contributed by atoms with Crippen molar-refractivity contribution in [2.45, 2.75) is 52.2 Å². The Kier molecular flexibility index (Phi) is 5.23. The third kappa shape index (κ3) is 4.95. The number of rotatable bonds is 4. The van der Waals surface area contributed by atoms with Gasteiger partial charge in [-0.2, -0.15) is 0 Å². The lowest BCUT2D eigenvalue weighted by Crippen LogP contribution is -2.22. The molecule has 0 fully saturated rings. The summed E-state index contributed by atoms with van der Waals surface area (Å²) in [5.41, 5.74) is 1.23. The molecule has 0 aliphatic carbocycles. The molecule has 0 radical (unpaired) electrons. The van der Waals surface area contributed by atoms with E-state index in [1.165, 1.54) is 5.57 Å². The smallest absolute Gasteiger partial charge is 0.0807 e. The van der Waals surface area contributed by atoms with Crippen molar-refractivity contribution in [2.75, 3.05) is 13.2 Å². The van der Waals surface area contributed by atoms with Crippen LogP contribution >= 0.6 is 0 Å². The minimum absolute atomic E-state index is 0.192. The summed E-state index contributed by atoms with van der Waals surface area (Å²) in [6, 6.07) is 0. The topological polar surface area (TPSA) is 18.5 Å². The third-order valence-corrected chi connectivity index (χ3v) is 2.69. The lowest BCUT2D eigenvalue weighted by atomic mass is 10.0. The molecule has 2 nitrogen and oxygen atoms in total. The molecule has 0 saturated carbocycles. The first-order valence-corrected chi connectivity index (χ1v) is 6.14. The first-order valence-electron chi connectivity index (χ1n) is 6.14. The molecule has 0 N–H and O–H groups in total. The van der Waals surface area contributed by atoms with E-state index in [9.17, 15) is 0 Å². The van der Waals surface area contributed by atoms with Gasteiger partial charge in [0.05, 0.1) is 18.3 Å². The van der Waals surface area contributed by atoms with Gasteiger partial charge in [-0.25, -0.2) is 0 Å². The quantitative estimate of drug-likeness (QED) is 0.681. The molecular weight excluding hydrogens is 200 g/mol. The maximum Gasteiger partial charge on any atom is 0.0807 e. The molecule has 0 saturated heterocycles. The van der Waals surface area contributed by atoms with Gasteiger partial charge in [0, 0.05) is 6.61 Å². The Morgan fingerprint density at radius 3 is 3.00 bits per heavy atom. The standard InChI is InChI=1S/C14H24O2/c1-5-16-14(3,4)9-8-13-11-12(2)7-6-10-15-13/h7-9,13H,5-6,10-11H2,1-4H3/b9-8+. The van der Waals surface area contributed by atoms with Crippen LogP contribution in [0.25, 0.3) is 0 Å². The van der Waals surface area contributed by atoms with Crippen LogP contribution in [0.3, 0.4) is 0 Å². The molecule has 0 bridgehead atoms. The van der Waals surface area contributed by atoms with Gasteiger partial charge in [-0.15, -0.1) is 0 Å². The second kappa shape index (κ2) is 6.21. The van der Waals surface area contributed by atoms with Crippen molar-refractivity contribution in [1.82, 2.24) is 0 Å². The lowest BCUT2D eigenvalue weighted by molar-refractivity contribution is 0.0263. The summed E-state index contributed by atoms with van der Waals surface area (Å²) in [5, 5.41) is 0. The fourth-order valence-corrected chi connectivity index (χ4v) is 1.87. The van der Waals surface area contributed by atoms with Crippen LogP contribution in [0.4, 0.5) is 0 Å². The molecule has 92 valence electrons. The second-order valence-electron chi connectivity index (χ2n) is 4.85. The molecular formula is C14H24O2. The summed E-state index contributed by atoms with van der Waals surface area (Å²) in [5.74, 6) is 0. The normalized spacial score (nSPS) is 23.2. The van der Waals surface area contributed by atoms with Gasteiger partial charge in [-0.05, 0) is 40.5 Å². The van der Waals surface area contributed by atoms with Crippen molar-refractivity contribution in [2.24, 2.45) is 0 Å². The predicted octanol–water partition coefficient (Wildman–Crippen LogP) is 3.48. The van der Waals surface area contributed by atoms with Crippen LogP contribution in [-0.4, -0.2) is 24.9 Å². The highest BCUT2D eigenvalue weighted by Gasteiger charge is 2.15. The average Bonchev–Trinajstić information content (AvgIpc) is 2.40. The zero-order valence-corrected chi connectivity index (χ0v) is 11.0. The fourth-order valence-electron chi connectivity index (χ4n) is 1.87. The molecule has 1 heterocycles. The summed E-state index contributed by atoms with van der Waals surface area (Å²) in [6.07, 6.45) is 8.75. The number of hydrogen-bond acceptors (Lipinski definition) is 2. The van der Waals surface area contributed by atoms with Crippen LogP contribution in [0.5, 0.6) is 0 Å². The number of ether oxygens (including phenoxy) is 2. The molecule has 0 aromatic carbocycles. The molecule has 1 atom stereocenters. The molecule has 0 spiro atoms. The highest BCUT2D eigenvalue weighted by atomic mass is 16.5. The van der Waals surface area contributed by atoms with Crippen LogP contribution in [0, 0.1) is 0 Å². The lowest BCUT2D eigenvalue weighted by Gasteiger charge is -2.21. The molecule has 2 heteroatoms. The van der Waals surface area contributed by atoms with Gasteiger partial charge in [0.1, 0.15) is 0 Å². The molecule has 0 aromatic rings. The van der Waals surface area contributed by atoms with Crippen LogP contribution in [0.2, 0.25) is 0 Å². The van der Waals surface area contributed by atoms with E-state index in [1.54, 1.807) is 0 Å². The van der Waals surface area contributed by atoms with E-state index >= 15 is 0 Å². The second-order valence-corrected chi connectivity index (χ2v) is 4.85. The van der Waals surface area contributed by atoms with E-state index in [0.717, 1.165) is 26.1 Å². The van der Waals surface area contributed by atoms with E-state index in [4.69, 9.17) is 9.47 Å². The van der Waals surface area contributed by atoms with Crippen molar-refractivity contribution in [3.8, 4) is 0 Å². The van der Waals surface area contributed by atoms with Gasteiger partial charge in [-0.3, -0.25) is 0 Å². The van der Waals surface area contributed by atoms with E-state index in [-0.39, 0.29) is 11.7 Å². The van der Waals surface area contributed by atoms with Gasteiger partial charge in [0.2, 0.25) is 0 Å². The minimum atomic E-state index is -0.192. The Bertz CT molecular complexity index is 264. The zero-order chi connectivity index (χ0) is 12.0. The molecule has 16 heavy (non-hydrogen) atoms. The van der Waals surface area contributed by atoms with Crippen molar-refractivity contribution in [3.63, 3.8) is 0 Å². The highest BCUT2D eigenvalue weighted by molar-refractivity contribution is 5.08. The molecule has 0 aromatic heterocycles. The van der Waals surface area contributed by atoms with Crippen LogP contribution in [0.15, 0.2) is 23.8 Å². The van der Waals surface area contributed by atoms with Crippen LogP contribution < -0.4 is 0 Å². The van der Waals surface area contributed by atoms with Gasteiger partial charge in [0.25, 0.3) is 0 Å². The first kappa shape index (κ1) is 13.5. The zero-order valence-electron chi connectivity index (χ0n) is 11.0. The Morgan fingerprint density at radius 2 is 2.31 bits per heavy atom. The Morgan fingerprint density at radius 1 is 1.56 bits per heavy atom. The SMILES string of the molecule is CCOC(C)(C)/C=C/C1CC(C)=CCCO1. The van der Waals surface area contributed by atoms with Gasteiger partial charge in [-0.1, -0.05) is 23.8 Å². The Balaban J connectivity index is 2.52. The highest BCUT2D eigenvalue weighted by Crippen LogP contribution is 2.17.